The molecule has 0 radical (unpaired) electrons. The van der Waals surface area contributed by atoms with E-state index in [2.05, 4.69) is 15.5 Å². The van der Waals surface area contributed by atoms with E-state index in [9.17, 15) is 9.59 Å². The highest BCUT2D eigenvalue weighted by molar-refractivity contribution is 5.95. The number of carbonyl (C=O) groups excluding carboxylic acids is 1. The molecule has 1 aliphatic carbocycles. The maximum absolute atomic E-state index is 12.2. The molecule has 1 aliphatic rings. The Labute approximate surface area is 111 Å². The van der Waals surface area contributed by atoms with Crippen LogP contribution in [0.15, 0.2) is 6.07 Å². The average Bonchev–Trinajstić information content (AvgIpc) is 3.14. The third-order valence-corrected chi connectivity index (χ3v) is 3.25. The molecule has 1 atom stereocenters. The van der Waals surface area contributed by atoms with E-state index in [0.717, 1.165) is 12.8 Å². The van der Waals surface area contributed by atoms with E-state index in [1.807, 2.05) is 0 Å². The van der Waals surface area contributed by atoms with Gasteiger partial charge in [-0.05, 0) is 38.7 Å². The summed E-state index contributed by atoms with van der Waals surface area (Å²) in [6, 6.07) is 1.38. The lowest BCUT2D eigenvalue weighted by atomic mass is 10.1. The second-order valence-electron chi connectivity index (χ2n) is 5.00. The molecule has 102 valence electrons. The van der Waals surface area contributed by atoms with Gasteiger partial charge in [0.25, 0.3) is 5.91 Å². The van der Waals surface area contributed by atoms with Gasteiger partial charge in [-0.15, -0.1) is 0 Å². The normalized spacial score (nSPS) is 15.9. The van der Waals surface area contributed by atoms with E-state index in [1.165, 1.54) is 0 Å². The molecule has 0 aromatic carbocycles. The average molecular weight is 263 g/mol. The molecule has 1 aromatic heterocycles. The van der Waals surface area contributed by atoms with Crippen LogP contribution in [-0.4, -0.2) is 33.2 Å². The second-order valence-corrected chi connectivity index (χ2v) is 5.00. The number of aromatic nitrogens is 2. The molecule has 6 heteroatoms. The highest BCUT2D eigenvalue weighted by Crippen LogP contribution is 2.34. The maximum atomic E-state index is 12.2. The number of nitrogens with zero attached hydrogens (tertiary/aromatic N) is 2. The van der Waals surface area contributed by atoms with Crippen molar-refractivity contribution in [2.45, 2.75) is 39.2 Å². The number of hydrogen-bond donors (Lipinski definition) is 2. The van der Waals surface area contributed by atoms with Gasteiger partial charge in [0.1, 0.15) is 0 Å². The van der Waals surface area contributed by atoms with Crippen LogP contribution in [0.5, 0.6) is 0 Å². The fraction of sp³-hybridized carbons (Fsp3) is 0.538. The number of aliphatic carboxylic acids is 1. The monoisotopic (exact) mass is 263 g/mol. The van der Waals surface area contributed by atoms with Gasteiger partial charge in [-0.25, -0.2) is 0 Å². The zero-order valence-corrected chi connectivity index (χ0v) is 11.0. The molecular formula is C13H17N3O3. The zero-order chi connectivity index (χ0) is 14.0. The van der Waals surface area contributed by atoms with Gasteiger partial charge >= 0.3 is 5.97 Å². The van der Waals surface area contributed by atoms with Crippen LogP contribution in [-0.2, 0) is 4.79 Å². The molecule has 2 rings (SSSR count). The Balaban J connectivity index is 2.10. The highest BCUT2D eigenvalue weighted by atomic mass is 16.4. The molecule has 0 aliphatic heterocycles. The molecule has 2 N–H and O–H groups in total. The Kier molecular flexibility index (Phi) is 3.78. The van der Waals surface area contributed by atoms with Crippen LogP contribution in [0.2, 0.25) is 0 Å². The van der Waals surface area contributed by atoms with Crippen molar-refractivity contribution < 1.29 is 14.7 Å². The quantitative estimate of drug-likeness (QED) is 0.829. The first-order chi connectivity index (χ1) is 8.97. The molecule has 1 fully saturated rings. The van der Waals surface area contributed by atoms with E-state index >= 15 is 0 Å². The lowest BCUT2D eigenvalue weighted by Gasteiger charge is -2.16. The second kappa shape index (κ2) is 5.34. The van der Waals surface area contributed by atoms with E-state index in [-0.39, 0.29) is 24.3 Å². The summed E-state index contributed by atoms with van der Waals surface area (Å²) in [7, 11) is 0. The molecule has 1 amide bonds. The molecule has 1 unspecified atom stereocenters. The SMILES string of the molecule is Cc1cc(C(=O)NC(CC(=O)O)C2CC2)c(C)nn1. The Morgan fingerprint density at radius 2 is 2.11 bits per heavy atom. The van der Waals surface area contributed by atoms with Gasteiger partial charge in [0, 0.05) is 6.04 Å². The number of nitrogens with one attached hydrogen (secondary N) is 1. The summed E-state index contributed by atoms with van der Waals surface area (Å²) in [5.74, 6) is -0.872. The first-order valence-electron chi connectivity index (χ1n) is 6.31. The molecular weight excluding hydrogens is 246 g/mol. The molecule has 1 heterocycles. The van der Waals surface area contributed by atoms with Crippen LogP contribution in [0.4, 0.5) is 0 Å². The number of amides is 1. The zero-order valence-electron chi connectivity index (χ0n) is 11.0. The standard InChI is InChI=1S/C13H17N3O3/c1-7-5-10(8(2)16-15-7)13(19)14-11(6-12(17)18)9-3-4-9/h5,9,11H,3-4,6H2,1-2H3,(H,14,19)(H,17,18). The van der Waals surface area contributed by atoms with Gasteiger partial charge in [-0.3, -0.25) is 9.59 Å². The fourth-order valence-electron chi connectivity index (χ4n) is 2.05. The Morgan fingerprint density at radius 1 is 1.42 bits per heavy atom. The van der Waals surface area contributed by atoms with Gasteiger partial charge < -0.3 is 10.4 Å². The topological polar surface area (TPSA) is 92.2 Å². The van der Waals surface area contributed by atoms with E-state index < -0.39 is 5.97 Å². The van der Waals surface area contributed by atoms with Crippen molar-refractivity contribution in [1.29, 1.82) is 0 Å². The minimum absolute atomic E-state index is 0.0348. The predicted octanol–water partition coefficient (Wildman–Crippen LogP) is 1.08. The van der Waals surface area contributed by atoms with E-state index in [1.54, 1.807) is 19.9 Å². The molecule has 1 aromatic rings. The Morgan fingerprint density at radius 3 is 2.68 bits per heavy atom. The van der Waals surface area contributed by atoms with Crippen LogP contribution in [0.3, 0.4) is 0 Å². The largest absolute Gasteiger partial charge is 0.481 e. The van der Waals surface area contributed by atoms with E-state index in [0.29, 0.717) is 17.0 Å². The van der Waals surface area contributed by atoms with Crippen LogP contribution in [0.25, 0.3) is 0 Å². The van der Waals surface area contributed by atoms with Crippen LogP contribution >= 0.6 is 0 Å². The first-order valence-corrected chi connectivity index (χ1v) is 6.31. The molecule has 0 bridgehead atoms. The highest BCUT2D eigenvalue weighted by Gasteiger charge is 2.34. The lowest BCUT2D eigenvalue weighted by Crippen LogP contribution is -2.38. The van der Waals surface area contributed by atoms with Crippen molar-refractivity contribution in [2.75, 3.05) is 0 Å². The number of carbonyl (C=O) groups is 2. The van der Waals surface area contributed by atoms with Gasteiger partial charge in [-0.1, -0.05) is 0 Å². The maximum Gasteiger partial charge on any atom is 0.305 e. The third kappa shape index (κ3) is 3.49. The van der Waals surface area contributed by atoms with Crippen molar-refractivity contribution >= 4 is 11.9 Å². The molecule has 19 heavy (non-hydrogen) atoms. The minimum atomic E-state index is -0.891. The number of rotatable bonds is 5. The summed E-state index contributed by atoms with van der Waals surface area (Å²) in [5, 5.41) is 19.5. The first kappa shape index (κ1) is 13.5. The van der Waals surface area contributed by atoms with Crippen molar-refractivity contribution in [3.8, 4) is 0 Å². The van der Waals surface area contributed by atoms with Gasteiger partial charge in [0.2, 0.25) is 0 Å². The van der Waals surface area contributed by atoms with Gasteiger partial charge in [-0.2, -0.15) is 10.2 Å². The van der Waals surface area contributed by atoms with E-state index in [4.69, 9.17) is 5.11 Å². The van der Waals surface area contributed by atoms with Crippen molar-refractivity contribution in [2.24, 2.45) is 5.92 Å². The van der Waals surface area contributed by atoms with Crippen molar-refractivity contribution in [1.82, 2.24) is 15.5 Å². The summed E-state index contributed by atoms with van der Waals surface area (Å²) in [4.78, 5) is 23.0. The third-order valence-electron chi connectivity index (χ3n) is 3.25. The summed E-state index contributed by atoms with van der Waals surface area (Å²) >= 11 is 0. The number of aryl methyl sites for hydroxylation is 2. The van der Waals surface area contributed by atoms with Crippen LogP contribution < -0.4 is 5.32 Å². The summed E-state index contributed by atoms with van der Waals surface area (Å²) in [6.45, 7) is 3.48. The van der Waals surface area contributed by atoms with Crippen molar-refractivity contribution in [3.63, 3.8) is 0 Å². The summed E-state index contributed by atoms with van der Waals surface area (Å²) < 4.78 is 0. The Hall–Kier alpha value is -1.98. The number of carboxylic acids is 1. The Bertz CT molecular complexity index is 512. The van der Waals surface area contributed by atoms with Crippen molar-refractivity contribution in [3.05, 3.63) is 23.0 Å². The number of carboxylic acid groups (broad SMARTS) is 1. The fourth-order valence-corrected chi connectivity index (χ4v) is 2.05. The smallest absolute Gasteiger partial charge is 0.305 e. The molecule has 6 nitrogen and oxygen atoms in total. The van der Waals surface area contributed by atoms with Gasteiger partial charge in [0.15, 0.2) is 0 Å². The van der Waals surface area contributed by atoms with Crippen LogP contribution in [0, 0.1) is 19.8 Å². The van der Waals surface area contributed by atoms with Crippen LogP contribution in [0.1, 0.15) is 41.0 Å². The summed E-state index contributed by atoms with van der Waals surface area (Å²) in [5.41, 5.74) is 1.67. The molecule has 0 saturated heterocycles. The molecule has 1 saturated carbocycles. The summed E-state index contributed by atoms with van der Waals surface area (Å²) in [6.07, 6.45) is 1.92. The lowest BCUT2D eigenvalue weighted by molar-refractivity contribution is -0.137. The molecule has 0 spiro atoms. The number of hydrogen-bond acceptors (Lipinski definition) is 4. The van der Waals surface area contributed by atoms with Gasteiger partial charge in [0.05, 0.1) is 23.4 Å². The minimum Gasteiger partial charge on any atom is -0.481 e. The predicted molar refractivity (Wildman–Crippen MR) is 67.7 cm³/mol.